The number of β-lactam (4-membered cyclic amide) rings is 1. The predicted molar refractivity (Wildman–Crippen MR) is 285 cm³/mol. The molecular formula is C54H50N6O8S4. The number of ether oxygens (including phenoxy) is 2. The summed E-state index contributed by atoms with van der Waals surface area (Å²) in [7, 11) is 0. The topological polar surface area (TPSA) is 192 Å². The number of nitrogens with zero attached hydrogens (tertiary/aromatic N) is 3. The van der Waals surface area contributed by atoms with Gasteiger partial charge in [-0.05, 0) is 37.3 Å². The Kier molecular flexibility index (Phi) is 16.7. The van der Waals surface area contributed by atoms with Gasteiger partial charge in [-0.2, -0.15) is 0 Å². The molecule has 0 spiro atoms. The first-order chi connectivity index (χ1) is 34.8. The predicted octanol–water partition coefficient (Wildman–Crippen LogP) is 9.61. The van der Waals surface area contributed by atoms with E-state index in [1.165, 1.54) is 40.2 Å². The van der Waals surface area contributed by atoms with Gasteiger partial charge in [0.05, 0.1) is 5.75 Å². The summed E-state index contributed by atoms with van der Waals surface area (Å²) in [6, 6.07) is 46.0. The van der Waals surface area contributed by atoms with Crippen molar-refractivity contribution in [3.05, 3.63) is 213 Å². The minimum Gasteiger partial charge on any atom is -0.448 e. The number of benzene rings is 5. The van der Waals surface area contributed by atoms with Crippen molar-refractivity contribution in [1.82, 2.24) is 15.2 Å². The first-order valence-corrected chi connectivity index (χ1v) is 26.6. The molecule has 2 aliphatic heterocycles. The van der Waals surface area contributed by atoms with Crippen molar-refractivity contribution in [2.45, 2.75) is 49.5 Å². The summed E-state index contributed by atoms with van der Waals surface area (Å²) in [6.07, 6.45) is 0.297. The van der Waals surface area contributed by atoms with Crippen LogP contribution in [0.4, 0.5) is 9.93 Å². The van der Waals surface area contributed by atoms with Gasteiger partial charge in [0.2, 0.25) is 11.5 Å². The monoisotopic (exact) mass is 1040 g/mol. The molecule has 18 heteroatoms. The van der Waals surface area contributed by atoms with Crippen molar-refractivity contribution >= 4 is 87.2 Å². The highest BCUT2D eigenvalue weighted by atomic mass is 32.2. The van der Waals surface area contributed by atoms with E-state index < -0.39 is 58.5 Å². The molecule has 3 heterocycles. The molecule has 1 saturated heterocycles. The molecule has 8 rings (SSSR count). The summed E-state index contributed by atoms with van der Waals surface area (Å²) in [5.41, 5.74) is 6.53. The lowest BCUT2D eigenvalue weighted by Gasteiger charge is -2.49. The summed E-state index contributed by atoms with van der Waals surface area (Å²) in [4.78, 5) is 81.7. The number of aromatic nitrogens is 1. The van der Waals surface area contributed by atoms with E-state index in [4.69, 9.17) is 20.0 Å². The van der Waals surface area contributed by atoms with E-state index in [2.05, 4.69) is 20.8 Å². The fourth-order valence-corrected chi connectivity index (χ4v) is 11.5. The Hall–Kier alpha value is -7.12. The second-order valence-electron chi connectivity index (χ2n) is 17.2. The molecule has 1 fully saturated rings. The van der Waals surface area contributed by atoms with E-state index in [1.807, 2.05) is 158 Å². The lowest BCUT2D eigenvalue weighted by Crippen LogP contribution is -2.71. The highest BCUT2D eigenvalue weighted by Crippen LogP contribution is 2.45. The molecule has 2 atom stereocenters. The van der Waals surface area contributed by atoms with Crippen molar-refractivity contribution in [3.63, 3.8) is 0 Å². The number of fused-ring (bicyclic) bond motifs is 1. The van der Waals surface area contributed by atoms with Crippen molar-refractivity contribution in [2.24, 2.45) is 10.9 Å². The summed E-state index contributed by atoms with van der Waals surface area (Å²) in [6.45, 7) is 5.21. The van der Waals surface area contributed by atoms with Crippen LogP contribution < -0.4 is 16.4 Å². The lowest BCUT2D eigenvalue weighted by molar-refractivity contribution is -0.154. The Morgan fingerprint density at radius 2 is 1.38 bits per heavy atom. The van der Waals surface area contributed by atoms with Crippen LogP contribution in [0.25, 0.3) is 0 Å². The highest BCUT2D eigenvalue weighted by Gasteiger charge is 2.55. The molecular weight excluding hydrogens is 989 g/mol. The number of nitrogens with two attached hydrogens (primary N) is 1. The van der Waals surface area contributed by atoms with Gasteiger partial charge in [0.15, 0.2) is 16.9 Å². The minimum atomic E-state index is -1.40. The summed E-state index contributed by atoms with van der Waals surface area (Å²) in [5.74, 6) is -1.57. The first-order valence-electron chi connectivity index (χ1n) is 22.7. The van der Waals surface area contributed by atoms with E-state index in [0.29, 0.717) is 33.1 Å². The number of anilines is 1. The molecule has 0 saturated carbocycles. The van der Waals surface area contributed by atoms with Crippen LogP contribution in [0.5, 0.6) is 0 Å². The number of thioether (sulfide) groups is 3. The normalized spacial score (nSPS) is 15.9. The fourth-order valence-electron chi connectivity index (χ4n) is 7.85. The number of amides is 4. The Labute approximate surface area is 433 Å². The number of carbonyl (C=O) groups is 5. The lowest BCUT2D eigenvalue weighted by atomic mass is 9.80. The molecule has 5 aromatic carbocycles. The number of oxime groups is 1. The van der Waals surface area contributed by atoms with Crippen LogP contribution in [0.15, 0.2) is 184 Å². The van der Waals surface area contributed by atoms with E-state index in [0.717, 1.165) is 22.5 Å². The number of thiazole rings is 1. The quantitative estimate of drug-likeness (QED) is 0.0174. The smallest absolute Gasteiger partial charge is 0.413 e. The van der Waals surface area contributed by atoms with Gasteiger partial charge >= 0.3 is 12.1 Å². The Balaban J connectivity index is 1.14. The number of hydrogen-bond acceptors (Lipinski definition) is 14. The Bertz CT molecular complexity index is 2830. The summed E-state index contributed by atoms with van der Waals surface area (Å²) < 4.78 is 11.8. The molecule has 4 N–H and O–H groups in total. The van der Waals surface area contributed by atoms with Gasteiger partial charge in [0, 0.05) is 38.5 Å². The molecule has 368 valence electrons. The molecule has 2 aliphatic rings. The Morgan fingerprint density at radius 1 is 0.833 bits per heavy atom. The van der Waals surface area contributed by atoms with E-state index in [9.17, 15) is 24.0 Å². The third-order valence-electron chi connectivity index (χ3n) is 11.0. The standard InChI is InChI=1S/C54H50N6O8S4/c1-53(2,3)67-52(65)58-51-56-40(32-72-51)43(59-68-54(37-24-13-6-14-25-37,38-26-15-7-16-27-38)39-28-17-8-18-29-39)47(62)57-44-48(63)60-45(41(33-71-49(44)60)70-31-19-30-69-34-42(55)61)50(64)66-46(35-20-9-4-10-21-35)36-22-11-5-12-23-36/h4-29,31-32,44,46,49H,30,33-34H2,1-3H3,(H2,55,61)(H,57,62)(H,56,58,65)/b31-19-,59-43-/t44?,49-/m1/s1. The number of nitrogens with one attached hydrogen (secondary N) is 2. The molecule has 1 unspecified atom stereocenters. The van der Waals surface area contributed by atoms with E-state index in [-0.39, 0.29) is 28.0 Å². The second kappa shape index (κ2) is 23.4. The number of hydrogen-bond donors (Lipinski definition) is 3. The van der Waals surface area contributed by atoms with Crippen LogP contribution in [0.2, 0.25) is 0 Å². The SMILES string of the molecule is CC(C)(C)OC(=O)Nc1nc(/C(=N/OC(c2ccccc2)(c2ccccc2)c2ccccc2)C(=O)NC2C(=O)N3C(C(=O)OC(c4ccccc4)c4ccccc4)=C(S/C=C\CSCC(N)=O)CS[C@H]23)cs1. The molecule has 72 heavy (non-hydrogen) atoms. The molecule has 4 amide bonds. The number of primary amides is 1. The van der Waals surface area contributed by atoms with E-state index in [1.54, 1.807) is 31.6 Å². The molecule has 0 radical (unpaired) electrons. The maximum atomic E-state index is 14.9. The van der Waals surface area contributed by atoms with Crippen molar-refractivity contribution < 1.29 is 38.3 Å². The molecule has 6 aromatic rings. The number of carbonyl (C=O) groups excluding carboxylic acids is 5. The minimum absolute atomic E-state index is 0.0445. The van der Waals surface area contributed by atoms with Crippen LogP contribution >= 0.6 is 46.6 Å². The van der Waals surface area contributed by atoms with Crippen molar-refractivity contribution in [3.8, 4) is 0 Å². The van der Waals surface area contributed by atoms with Crippen LogP contribution in [-0.2, 0) is 39.1 Å². The van der Waals surface area contributed by atoms with Crippen molar-refractivity contribution in [2.75, 3.05) is 22.6 Å². The van der Waals surface area contributed by atoms with Gasteiger partial charge in [-0.15, -0.1) is 34.9 Å². The second-order valence-corrected chi connectivity index (χ2v) is 21.2. The average Bonchev–Trinajstić information content (AvgIpc) is 3.84. The largest absolute Gasteiger partial charge is 0.448 e. The molecule has 0 bridgehead atoms. The van der Waals surface area contributed by atoms with Crippen LogP contribution in [-0.4, -0.2) is 79.7 Å². The zero-order valence-corrected chi connectivity index (χ0v) is 42.6. The maximum Gasteiger partial charge on any atom is 0.413 e. The summed E-state index contributed by atoms with van der Waals surface area (Å²) >= 11 is 5.02. The fraction of sp³-hybridized carbons (Fsp3) is 0.204. The van der Waals surface area contributed by atoms with E-state index >= 15 is 0 Å². The number of esters is 1. The third-order valence-corrected chi connectivity index (χ3v) is 15.1. The first kappa shape index (κ1) is 51.2. The third kappa shape index (κ3) is 12.1. The molecule has 14 nitrogen and oxygen atoms in total. The number of rotatable bonds is 19. The highest BCUT2D eigenvalue weighted by molar-refractivity contribution is 8.08. The van der Waals surface area contributed by atoms with Gasteiger partial charge < -0.3 is 25.4 Å². The van der Waals surface area contributed by atoms with Crippen LogP contribution in [0.1, 0.15) is 60.4 Å². The summed E-state index contributed by atoms with van der Waals surface area (Å²) in [5, 5.41) is 12.9. The van der Waals surface area contributed by atoms with Gasteiger partial charge in [0.25, 0.3) is 11.8 Å². The molecule has 0 aliphatic carbocycles. The Morgan fingerprint density at radius 3 is 1.90 bits per heavy atom. The van der Waals surface area contributed by atoms with Gasteiger partial charge in [-0.3, -0.25) is 24.6 Å². The van der Waals surface area contributed by atoms with Gasteiger partial charge in [-0.1, -0.05) is 175 Å². The van der Waals surface area contributed by atoms with Crippen LogP contribution in [0, 0.1) is 0 Å². The zero-order chi connectivity index (χ0) is 50.7. The van der Waals surface area contributed by atoms with Gasteiger partial charge in [0.1, 0.15) is 28.4 Å². The maximum absolute atomic E-state index is 14.9. The zero-order valence-electron chi connectivity index (χ0n) is 39.3. The average molecular weight is 1040 g/mol. The van der Waals surface area contributed by atoms with Gasteiger partial charge in [-0.25, -0.2) is 14.6 Å². The molecule has 1 aromatic heterocycles. The van der Waals surface area contributed by atoms with Crippen molar-refractivity contribution in [1.29, 1.82) is 0 Å². The van der Waals surface area contributed by atoms with Crippen LogP contribution in [0.3, 0.4) is 0 Å².